The summed E-state index contributed by atoms with van der Waals surface area (Å²) in [4.78, 5) is 11.7. The molecule has 0 aliphatic carbocycles. The van der Waals surface area contributed by atoms with Crippen LogP contribution in [-0.2, 0) is 11.2 Å². The fourth-order valence-corrected chi connectivity index (χ4v) is 1.75. The van der Waals surface area contributed by atoms with Crippen molar-refractivity contribution >= 4 is 5.91 Å². The van der Waals surface area contributed by atoms with E-state index in [0.717, 1.165) is 5.56 Å². The third-order valence-electron chi connectivity index (χ3n) is 2.83. The fraction of sp³-hybridized carbons (Fsp3) is 0.500. The van der Waals surface area contributed by atoms with Crippen LogP contribution in [-0.4, -0.2) is 28.3 Å². The summed E-state index contributed by atoms with van der Waals surface area (Å²) in [6.45, 7) is 3.80. The third kappa shape index (κ3) is 4.75. The van der Waals surface area contributed by atoms with Crippen LogP contribution in [0.25, 0.3) is 0 Å². The number of phenolic OH excluding ortho intramolecular Hbond substituents is 1. The van der Waals surface area contributed by atoms with Crippen LogP contribution in [0.3, 0.4) is 0 Å². The second kappa shape index (κ2) is 6.40. The standard InChI is InChI=1S/C14H21NO3/c1-14(2,9-10-16)15-13(18)8-7-11-5-3-4-6-12(11)17/h3-6,16-17H,7-10H2,1-2H3,(H,15,18). The Hall–Kier alpha value is -1.55. The van der Waals surface area contributed by atoms with Gasteiger partial charge in [0.2, 0.25) is 5.91 Å². The SMILES string of the molecule is CC(C)(CCO)NC(=O)CCc1ccccc1O. The van der Waals surface area contributed by atoms with Gasteiger partial charge in [-0.05, 0) is 38.3 Å². The van der Waals surface area contributed by atoms with Gasteiger partial charge in [0.25, 0.3) is 0 Å². The Kier molecular flexibility index (Phi) is 5.16. The van der Waals surface area contributed by atoms with Gasteiger partial charge in [0.15, 0.2) is 0 Å². The molecule has 0 bridgehead atoms. The zero-order valence-electron chi connectivity index (χ0n) is 10.9. The number of aromatic hydroxyl groups is 1. The minimum atomic E-state index is -0.398. The van der Waals surface area contributed by atoms with Crippen molar-refractivity contribution in [1.29, 1.82) is 0 Å². The highest BCUT2D eigenvalue weighted by atomic mass is 16.3. The molecule has 3 N–H and O–H groups in total. The van der Waals surface area contributed by atoms with Gasteiger partial charge in [-0.15, -0.1) is 0 Å². The molecular weight excluding hydrogens is 230 g/mol. The molecule has 0 fully saturated rings. The number of nitrogens with one attached hydrogen (secondary N) is 1. The van der Waals surface area contributed by atoms with Crippen LogP contribution >= 0.6 is 0 Å². The van der Waals surface area contributed by atoms with Crippen LogP contribution < -0.4 is 5.32 Å². The molecule has 18 heavy (non-hydrogen) atoms. The lowest BCUT2D eigenvalue weighted by Gasteiger charge is -2.25. The summed E-state index contributed by atoms with van der Waals surface area (Å²) in [5, 5.41) is 21.3. The third-order valence-corrected chi connectivity index (χ3v) is 2.83. The Morgan fingerprint density at radius 2 is 2.00 bits per heavy atom. The number of hydrogen-bond donors (Lipinski definition) is 3. The van der Waals surface area contributed by atoms with Gasteiger partial charge in [0, 0.05) is 18.6 Å². The predicted octanol–water partition coefficient (Wildman–Crippen LogP) is 1.60. The molecule has 1 aromatic carbocycles. The van der Waals surface area contributed by atoms with Crippen LogP contribution in [0.4, 0.5) is 0 Å². The molecule has 4 nitrogen and oxygen atoms in total. The van der Waals surface area contributed by atoms with E-state index in [1.165, 1.54) is 0 Å². The summed E-state index contributed by atoms with van der Waals surface area (Å²) < 4.78 is 0. The number of aliphatic hydroxyl groups is 1. The zero-order valence-corrected chi connectivity index (χ0v) is 10.9. The first-order chi connectivity index (χ1) is 8.44. The average Bonchev–Trinajstić information content (AvgIpc) is 2.27. The Bertz CT molecular complexity index is 402. The molecule has 0 spiro atoms. The highest BCUT2D eigenvalue weighted by Gasteiger charge is 2.19. The van der Waals surface area contributed by atoms with Crippen LogP contribution in [0.5, 0.6) is 5.75 Å². The number of aliphatic hydroxyl groups excluding tert-OH is 1. The first-order valence-corrected chi connectivity index (χ1v) is 6.13. The minimum absolute atomic E-state index is 0.0484. The van der Waals surface area contributed by atoms with Gasteiger partial charge in [-0.3, -0.25) is 4.79 Å². The molecule has 0 saturated carbocycles. The van der Waals surface area contributed by atoms with Gasteiger partial charge >= 0.3 is 0 Å². The van der Waals surface area contributed by atoms with Gasteiger partial charge in [-0.2, -0.15) is 0 Å². The number of phenols is 1. The number of aryl methyl sites for hydroxylation is 1. The van der Waals surface area contributed by atoms with Crippen molar-refractivity contribution in [2.75, 3.05) is 6.61 Å². The quantitative estimate of drug-likeness (QED) is 0.719. The highest BCUT2D eigenvalue weighted by Crippen LogP contribution is 2.17. The molecule has 0 unspecified atom stereocenters. The Morgan fingerprint density at radius 1 is 1.33 bits per heavy atom. The topological polar surface area (TPSA) is 69.6 Å². The second-order valence-corrected chi connectivity index (χ2v) is 5.03. The molecule has 1 rings (SSSR count). The highest BCUT2D eigenvalue weighted by molar-refractivity contribution is 5.77. The lowest BCUT2D eigenvalue weighted by molar-refractivity contribution is -0.122. The van der Waals surface area contributed by atoms with E-state index >= 15 is 0 Å². The average molecular weight is 251 g/mol. The van der Waals surface area contributed by atoms with Crippen LogP contribution in [0, 0.1) is 0 Å². The van der Waals surface area contributed by atoms with Crippen molar-refractivity contribution in [2.24, 2.45) is 0 Å². The molecule has 0 aliphatic heterocycles. The van der Waals surface area contributed by atoms with Gasteiger partial charge < -0.3 is 15.5 Å². The van der Waals surface area contributed by atoms with Crippen LogP contribution in [0.15, 0.2) is 24.3 Å². The number of rotatable bonds is 6. The first kappa shape index (κ1) is 14.5. The van der Waals surface area contributed by atoms with Gasteiger partial charge in [-0.25, -0.2) is 0 Å². The molecule has 0 radical (unpaired) electrons. The number of hydrogen-bond acceptors (Lipinski definition) is 3. The Morgan fingerprint density at radius 3 is 2.61 bits per heavy atom. The molecule has 0 aromatic heterocycles. The van der Waals surface area contributed by atoms with Crippen molar-refractivity contribution < 1.29 is 15.0 Å². The molecule has 1 aromatic rings. The molecule has 0 atom stereocenters. The number of carbonyl (C=O) groups excluding carboxylic acids is 1. The van der Waals surface area contributed by atoms with E-state index in [-0.39, 0.29) is 18.3 Å². The lowest BCUT2D eigenvalue weighted by Crippen LogP contribution is -2.44. The summed E-state index contributed by atoms with van der Waals surface area (Å²) >= 11 is 0. The van der Waals surface area contributed by atoms with Crippen molar-refractivity contribution in [3.63, 3.8) is 0 Å². The molecular formula is C14H21NO3. The lowest BCUT2D eigenvalue weighted by atomic mass is 10.0. The summed E-state index contributed by atoms with van der Waals surface area (Å²) in [6.07, 6.45) is 1.36. The zero-order chi connectivity index (χ0) is 13.6. The van der Waals surface area contributed by atoms with E-state index in [4.69, 9.17) is 5.11 Å². The molecule has 0 heterocycles. The normalized spacial score (nSPS) is 11.3. The molecule has 1 amide bonds. The number of carbonyl (C=O) groups is 1. The summed E-state index contributed by atoms with van der Waals surface area (Å²) in [7, 11) is 0. The molecule has 4 heteroatoms. The van der Waals surface area contributed by atoms with E-state index in [0.29, 0.717) is 19.3 Å². The molecule has 100 valence electrons. The summed E-state index contributed by atoms with van der Waals surface area (Å²) in [5.41, 5.74) is 0.373. The maximum absolute atomic E-state index is 11.7. The van der Waals surface area contributed by atoms with Crippen LogP contribution in [0.1, 0.15) is 32.3 Å². The van der Waals surface area contributed by atoms with Crippen molar-refractivity contribution in [3.05, 3.63) is 29.8 Å². The molecule has 0 saturated heterocycles. The Balaban J connectivity index is 2.45. The van der Waals surface area contributed by atoms with E-state index < -0.39 is 5.54 Å². The van der Waals surface area contributed by atoms with Crippen molar-refractivity contribution in [2.45, 2.75) is 38.6 Å². The summed E-state index contributed by atoms with van der Waals surface area (Å²) in [6, 6.07) is 7.01. The number of para-hydroxylation sites is 1. The van der Waals surface area contributed by atoms with Gasteiger partial charge in [-0.1, -0.05) is 18.2 Å². The van der Waals surface area contributed by atoms with E-state index in [2.05, 4.69) is 5.32 Å². The monoisotopic (exact) mass is 251 g/mol. The summed E-state index contributed by atoms with van der Waals surface area (Å²) in [5.74, 6) is 0.150. The largest absolute Gasteiger partial charge is 0.508 e. The van der Waals surface area contributed by atoms with Crippen molar-refractivity contribution in [1.82, 2.24) is 5.32 Å². The molecule has 0 aliphatic rings. The number of benzene rings is 1. The smallest absolute Gasteiger partial charge is 0.220 e. The van der Waals surface area contributed by atoms with E-state index in [1.807, 2.05) is 26.0 Å². The fourth-order valence-electron chi connectivity index (χ4n) is 1.75. The maximum atomic E-state index is 11.7. The first-order valence-electron chi connectivity index (χ1n) is 6.13. The number of amides is 1. The predicted molar refractivity (Wildman–Crippen MR) is 70.4 cm³/mol. The van der Waals surface area contributed by atoms with E-state index in [9.17, 15) is 9.90 Å². The second-order valence-electron chi connectivity index (χ2n) is 5.03. The van der Waals surface area contributed by atoms with E-state index in [1.54, 1.807) is 12.1 Å². The van der Waals surface area contributed by atoms with Gasteiger partial charge in [0.1, 0.15) is 5.75 Å². The Labute approximate surface area is 108 Å². The van der Waals surface area contributed by atoms with Gasteiger partial charge in [0.05, 0.1) is 0 Å². The maximum Gasteiger partial charge on any atom is 0.220 e. The van der Waals surface area contributed by atoms with Crippen molar-refractivity contribution in [3.8, 4) is 5.75 Å². The minimum Gasteiger partial charge on any atom is -0.508 e. The van der Waals surface area contributed by atoms with Crippen LogP contribution in [0.2, 0.25) is 0 Å².